The summed E-state index contributed by atoms with van der Waals surface area (Å²) >= 11 is 4.93. The molecule has 0 unspecified atom stereocenters. The predicted molar refractivity (Wildman–Crippen MR) is 71.2 cm³/mol. The van der Waals surface area contributed by atoms with Gasteiger partial charge < -0.3 is 20.8 Å². The Bertz CT molecular complexity index is 392. The number of aliphatic hydroxyl groups is 2. The molecule has 1 rings (SSSR count). The summed E-state index contributed by atoms with van der Waals surface area (Å²) in [6.45, 7) is 2.67. The zero-order valence-electron chi connectivity index (χ0n) is 9.76. The van der Waals surface area contributed by atoms with E-state index in [0.29, 0.717) is 23.9 Å². The lowest BCUT2D eigenvalue weighted by Crippen LogP contribution is -2.31. The van der Waals surface area contributed by atoms with Crippen molar-refractivity contribution >= 4 is 23.0 Å². The molecule has 6 heteroatoms. The molecular formula is C11H17N3O2S. The van der Waals surface area contributed by atoms with Crippen LogP contribution in [0.5, 0.6) is 0 Å². The Morgan fingerprint density at radius 2 is 1.94 bits per heavy atom. The minimum absolute atomic E-state index is 0.00196. The number of anilines is 1. The van der Waals surface area contributed by atoms with Crippen LogP contribution in [-0.2, 0) is 0 Å². The van der Waals surface area contributed by atoms with Gasteiger partial charge in [-0.25, -0.2) is 4.98 Å². The van der Waals surface area contributed by atoms with E-state index >= 15 is 0 Å². The van der Waals surface area contributed by atoms with Crippen LogP contribution in [0, 0.1) is 6.92 Å². The van der Waals surface area contributed by atoms with E-state index < -0.39 is 0 Å². The van der Waals surface area contributed by atoms with Gasteiger partial charge in [0.1, 0.15) is 10.8 Å². The summed E-state index contributed by atoms with van der Waals surface area (Å²) in [5, 5.41) is 17.9. The van der Waals surface area contributed by atoms with E-state index in [0.717, 1.165) is 11.3 Å². The predicted octanol–water partition coefficient (Wildman–Crippen LogP) is -0.185. The summed E-state index contributed by atoms with van der Waals surface area (Å²) in [4.78, 5) is 6.44. The van der Waals surface area contributed by atoms with Crippen LogP contribution in [0.3, 0.4) is 0 Å². The minimum Gasteiger partial charge on any atom is -0.395 e. The van der Waals surface area contributed by atoms with Gasteiger partial charge in [0, 0.05) is 24.3 Å². The third-order valence-corrected chi connectivity index (χ3v) is 2.52. The monoisotopic (exact) mass is 255 g/mol. The van der Waals surface area contributed by atoms with Crippen LogP contribution >= 0.6 is 12.2 Å². The molecule has 94 valence electrons. The maximum absolute atomic E-state index is 8.97. The molecule has 0 aromatic carbocycles. The van der Waals surface area contributed by atoms with Crippen molar-refractivity contribution in [2.75, 3.05) is 31.2 Å². The van der Waals surface area contributed by atoms with E-state index in [1.807, 2.05) is 13.0 Å². The number of aryl methyl sites for hydroxylation is 1. The molecule has 0 aliphatic rings. The van der Waals surface area contributed by atoms with Gasteiger partial charge in [-0.05, 0) is 19.1 Å². The number of aliphatic hydroxyl groups excluding tert-OH is 2. The van der Waals surface area contributed by atoms with E-state index in [9.17, 15) is 0 Å². The van der Waals surface area contributed by atoms with Gasteiger partial charge in [-0.3, -0.25) is 0 Å². The SMILES string of the molecule is Cc1cc(C(N)=S)cc(N(CCO)CCO)n1. The summed E-state index contributed by atoms with van der Waals surface area (Å²) in [6.07, 6.45) is 0. The molecular weight excluding hydrogens is 238 g/mol. The van der Waals surface area contributed by atoms with Crippen molar-refractivity contribution in [2.45, 2.75) is 6.92 Å². The van der Waals surface area contributed by atoms with E-state index in [4.69, 9.17) is 28.2 Å². The Balaban J connectivity index is 3.04. The second-order valence-corrected chi connectivity index (χ2v) is 4.09. The molecule has 1 aromatic rings. The molecule has 0 aliphatic carbocycles. The van der Waals surface area contributed by atoms with Gasteiger partial charge in [-0.15, -0.1) is 0 Å². The largest absolute Gasteiger partial charge is 0.395 e. The van der Waals surface area contributed by atoms with Gasteiger partial charge in [0.2, 0.25) is 0 Å². The van der Waals surface area contributed by atoms with Crippen molar-refractivity contribution in [1.29, 1.82) is 0 Å². The Morgan fingerprint density at radius 3 is 2.41 bits per heavy atom. The Hall–Kier alpha value is -1.24. The lowest BCUT2D eigenvalue weighted by Gasteiger charge is -2.22. The first kappa shape index (κ1) is 13.8. The average Bonchev–Trinajstić information content (AvgIpc) is 2.28. The first-order valence-electron chi connectivity index (χ1n) is 5.33. The van der Waals surface area contributed by atoms with Crippen LogP contribution in [-0.4, -0.2) is 46.5 Å². The van der Waals surface area contributed by atoms with Gasteiger partial charge in [0.25, 0.3) is 0 Å². The highest BCUT2D eigenvalue weighted by Gasteiger charge is 2.09. The van der Waals surface area contributed by atoms with Crippen molar-refractivity contribution in [3.8, 4) is 0 Å². The zero-order valence-corrected chi connectivity index (χ0v) is 10.6. The summed E-state index contributed by atoms with van der Waals surface area (Å²) in [6, 6.07) is 3.57. The number of hydrogen-bond donors (Lipinski definition) is 3. The normalized spacial score (nSPS) is 10.3. The second-order valence-electron chi connectivity index (χ2n) is 3.65. The van der Waals surface area contributed by atoms with Gasteiger partial charge in [-0.1, -0.05) is 12.2 Å². The number of thiocarbonyl (C=S) groups is 1. The molecule has 0 atom stereocenters. The maximum atomic E-state index is 8.97. The number of nitrogens with two attached hydrogens (primary N) is 1. The molecule has 1 aromatic heterocycles. The molecule has 4 N–H and O–H groups in total. The van der Waals surface area contributed by atoms with Gasteiger partial charge >= 0.3 is 0 Å². The van der Waals surface area contributed by atoms with Crippen molar-refractivity contribution < 1.29 is 10.2 Å². The van der Waals surface area contributed by atoms with Crippen LogP contribution in [0.1, 0.15) is 11.3 Å². The quantitative estimate of drug-likeness (QED) is 0.612. The van der Waals surface area contributed by atoms with E-state index in [-0.39, 0.29) is 13.2 Å². The summed E-state index contributed by atoms with van der Waals surface area (Å²) in [5.74, 6) is 0.663. The topological polar surface area (TPSA) is 82.6 Å². The summed E-state index contributed by atoms with van der Waals surface area (Å²) in [5.41, 5.74) is 7.12. The van der Waals surface area contributed by atoms with Gasteiger partial charge in [0.05, 0.1) is 13.2 Å². The number of pyridine rings is 1. The number of nitrogens with zero attached hydrogens (tertiary/aromatic N) is 2. The fraction of sp³-hybridized carbons (Fsp3) is 0.455. The smallest absolute Gasteiger partial charge is 0.129 e. The highest BCUT2D eigenvalue weighted by molar-refractivity contribution is 7.80. The standard InChI is InChI=1S/C11H17N3O2S/c1-8-6-9(11(12)17)7-10(13-8)14(2-4-15)3-5-16/h6-7,15-16H,2-5H2,1H3,(H2,12,17). The molecule has 0 bridgehead atoms. The molecule has 5 nitrogen and oxygen atoms in total. The molecule has 0 saturated carbocycles. The molecule has 17 heavy (non-hydrogen) atoms. The van der Waals surface area contributed by atoms with Gasteiger partial charge in [0.15, 0.2) is 0 Å². The van der Waals surface area contributed by atoms with Crippen LogP contribution in [0.25, 0.3) is 0 Å². The summed E-state index contributed by atoms with van der Waals surface area (Å²) < 4.78 is 0. The third kappa shape index (κ3) is 3.92. The zero-order chi connectivity index (χ0) is 12.8. The van der Waals surface area contributed by atoms with Crippen molar-refractivity contribution in [3.05, 3.63) is 23.4 Å². The van der Waals surface area contributed by atoms with Crippen LogP contribution < -0.4 is 10.6 Å². The number of hydrogen-bond acceptors (Lipinski definition) is 5. The lowest BCUT2D eigenvalue weighted by molar-refractivity contribution is 0.280. The minimum atomic E-state index is -0.00196. The molecule has 0 aliphatic heterocycles. The fourth-order valence-corrected chi connectivity index (χ4v) is 1.66. The van der Waals surface area contributed by atoms with Crippen LogP contribution in [0.2, 0.25) is 0 Å². The molecule has 0 amide bonds. The lowest BCUT2D eigenvalue weighted by atomic mass is 10.2. The molecule has 0 spiro atoms. The average molecular weight is 255 g/mol. The van der Waals surface area contributed by atoms with E-state index in [1.165, 1.54) is 0 Å². The van der Waals surface area contributed by atoms with Gasteiger partial charge in [-0.2, -0.15) is 0 Å². The Labute approximate surface area is 106 Å². The highest BCUT2D eigenvalue weighted by atomic mass is 32.1. The fourth-order valence-electron chi connectivity index (χ4n) is 1.54. The first-order chi connectivity index (χ1) is 8.08. The molecule has 1 heterocycles. The number of aromatic nitrogens is 1. The van der Waals surface area contributed by atoms with Crippen molar-refractivity contribution in [1.82, 2.24) is 4.98 Å². The Kier molecular flexibility index (Phi) is 5.27. The first-order valence-corrected chi connectivity index (χ1v) is 5.74. The molecule has 0 radical (unpaired) electrons. The maximum Gasteiger partial charge on any atom is 0.129 e. The second kappa shape index (κ2) is 6.48. The third-order valence-electron chi connectivity index (χ3n) is 2.29. The summed E-state index contributed by atoms with van der Waals surface area (Å²) in [7, 11) is 0. The van der Waals surface area contributed by atoms with E-state index in [1.54, 1.807) is 11.0 Å². The van der Waals surface area contributed by atoms with Crippen LogP contribution in [0.15, 0.2) is 12.1 Å². The van der Waals surface area contributed by atoms with Crippen molar-refractivity contribution in [3.63, 3.8) is 0 Å². The Morgan fingerprint density at radius 1 is 1.35 bits per heavy atom. The van der Waals surface area contributed by atoms with Crippen LogP contribution in [0.4, 0.5) is 5.82 Å². The molecule has 0 fully saturated rings. The highest BCUT2D eigenvalue weighted by Crippen LogP contribution is 2.14. The molecule has 0 saturated heterocycles. The van der Waals surface area contributed by atoms with Crippen molar-refractivity contribution in [2.24, 2.45) is 5.73 Å². The van der Waals surface area contributed by atoms with E-state index in [2.05, 4.69) is 4.98 Å². The number of rotatable bonds is 6.